The van der Waals surface area contributed by atoms with Gasteiger partial charge >= 0.3 is 0 Å². The molecule has 3 rings (SSSR count). The molecule has 0 aromatic heterocycles. The summed E-state index contributed by atoms with van der Waals surface area (Å²) in [6, 6.07) is 17.8. The van der Waals surface area contributed by atoms with Gasteiger partial charge in [-0.2, -0.15) is 0 Å². The van der Waals surface area contributed by atoms with Gasteiger partial charge in [-0.3, -0.25) is 0 Å². The normalized spacial score (nSPS) is 17.6. The minimum atomic E-state index is 0.0126. The van der Waals surface area contributed by atoms with Crippen molar-refractivity contribution in [1.82, 2.24) is 0 Å². The molecule has 1 atom stereocenters. The van der Waals surface area contributed by atoms with Crippen LogP contribution in [0.25, 0.3) is 0 Å². The minimum Gasteiger partial charge on any atom is -0.489 e. The molecule has 0 radical (unpaired) electrons. The van der Waals surface area contributed by atoms with Gasteiger partial charge in [0, 0.05) is 5.56 Å². The van der Waals surface area contributed by atoms with Crippen molar-refractivity contribution in [3.8, 4) is 11.5 Å². The minimum absolute atomic E-state index is 0.0126. The molecule has 2 aromatic carbocycles. The van der Waals surface area contributed by atoms with Crippen LogP contribution < -0.4 is 9.47 Å². The van der Waals surface area contributed by atoms with E-state index < -0.39 is 0 Å². The molecular weight excluding hydrogens is 200 g/mol. The molecule has 16 heavy (non-hydrogen) atoms. The molecule has 2 aromatic rings. The molecule has 1 unspecified atom stereocenters. The Morgan fingerprint density at radius 3 is 2.56 bits per heavy atom. The maximum Gasteiger partial charge on any atom is 0.161 e. The van der Waals surface area contributed by atoms with Crippen LogP contribution in [0.1, 0.15) is 11.7 Å². The molecule has 1 aliphatic rings. The van der Waals surface area contributed by atoms with Crippen LogP contribution in [0, 0.1) is 0 Å². The van der Waals surface area contributed by atoms with E-state index in [1.54, 1.807) is 0 Å². The van der Waals surface area contributed by atoms with E-state index in [4.69, 9.17) is 9.47 Å². The first-order valence-electron chi connectivity index (χ1n) is 5.37. The van der Waals surface area contributed by atoms with Crippen molar-refractivity contribution in [3.63, 3.8) is 0 Å². The number of benzene rings is 2. The number of para-hydroxylation sites is 2. The second kappa shape index (κ2) is 3.89. The summed E-state index contributed by atoms with van der Waals surface area (Å²) in [6.07, 6.45) is 0.0126. The fourth-order valence-electron chi connectivity index (χ4n) is 1.89. The number of rotatable bonds is 2. The average molecular weight is 212 g/mol. The first-order valence-corrected chi connectivity index (χ1v) is 5.37. The highest BCUT2D eigenvalue weighted by Gasteiger charge is 2.24. The van der Waals surface area contributed by atoms with Gasteiger partial charge in [-0.1, -0.05) is 36.4 Å². The largest absolute Gasteiger partial charge is 0.489 e. The fraction of sp³-hybridized carbons (Fsp3) is 0.143. The van der Waals surface area contributed by atoms with Gasteiger partial charge in [0.05, 0.1) is 0 Å². The third-order valence-corrected chi connectivity index (χ3v) is 2.68. The van der Waals surface area contributed by atoms with Gasteiger partial charge in [0.25, 0.3) is 0 Å². The van der Waals surface area contributed by atoms with Crippen LogP contribution in [0.5, 0.6) is 11.5 Å². The maximum absolute atomic E-state index is 5.88. The summed E-state index contributed by atoms with van der Waals surface area (Å²) in [5.74, 6) is 1.82. The predicted octanol–water partition coefficient (Wildman–Crippen LogP) is 3.20. The van der Waals surface area contributed by atoms with Crippen LogP contribution >= 0.6 is 0 Å². The van der Waals surface area contributed by atoms with E-state index in [0.717, 1.165) is 17.1 Å². The van der Waals surface area contributed by atoms with Crippen LogP contribution in [-0.2, 0) is 0 Å². The van der Waals surface area contributed by atoms with Gasteiger partial charge in [0.2, 0.25) is 0 Å². The smallest absolute Gasteiger partial charge is 0.161 e. The summed E-state index contributed by atoms with van der Waals surface area (Å²) in [5, 5.41) is 0. The van der Waals surface area contributed by atoms with Crippen molar-refractivity contribution in [2.24, 2.45) is 0 Å². The summed E-state index contributed by atoms with van der Waals surface area (Å²) >= 11 is 0. The third-order valence-electron chi connectivity index (χ3n) is 2.68. The summed E-state index contributed by atoms with van der Waals surface area (Å²) in [6.45, 7) is 0.592. The topological polar surface area (TPSA) is 18.5 Å². The quantitative estimate of drug-likeness (QED) is 0.761. The SMILES string of the molecule is c1ccc(OC2COc3ccccc32)cc1. The van der Waals surface area contributed by atoms with Crippen molar-refractivity contribution in [2.75, 3.05) is 6.61 Å². The van der Waals surface area contributed by atoms with E-state index in [2.05, 4.69) is 6.07 Å². The fourth-order valence-corrected chi connectivity index (χ4v) is 1.89. The molecule has 0 amide bonds. The van der Waals surface area contributed by atoms with E-state index >= 15 is 0 Å². The van der Waals surface area contributed by atoms with Gasteiger partial charge in [-0.15, -0.1) is 0 Å². The Morgan fingerprint density at radius 1 is 0.938 bits per heavy atom. The van der Waals surface area contributed by atoms with E-state index in [1.807, 2.05) is 48.5 Å². The van der Waals surface area contributed by atoms with Gasteiger partial charge in [0.15, 0.2) is 6.10 Å². The highest BCUT2D eigenvalue weighted by molar-refractivity contribution is 5.39. The van der Waals surface area contributed by atoms with Crippen molar-refractivity contribution < 1.29 is 9.47 Å². The predicted molar refractivity (Wildman–Crippen MR) is 61.7 cm³/mol. The molecule has 0 saturated carbocycles. The lowest BCUT2D eigenvalue weighted by Crippen LogP contribution is -2.08. The third kappa shape index (κ3) is 1.63. The Kier molecular flexibility index (Phi) is 2.26. The Balaban J connectivity index is 1.84. The number of fused-ring (bicyclic) bond motifs is 1. The Labute approximate surface area is 94.4 Å². The van der Waals surface area contributed by atoms with Gasteiger partial charge in [0.1, 0.15) is 18.1 Å². The second-order valence-corrected chi connectivity index (χ2v) is 3.77. The van der Waals surface area contributed by atoms with E-state index in [0.29, 0.717) is 6.61 Å². The van der Waals surface area contributed by atoms with Crippen LogP contribution in [0.15, 0.2) is 54.6 Å². The lowest BCUT2D eigenvalue weighted by Gasteiger charge is -2.12. The van der Waals surface area contributed by atoms with E-state index in [-0.39, 0.29) is 6.10 Å². The van der Waals surface area contributed by atoms with Crippen LogP contribution in [0.4, 0.5) is 0 Å². The Hall–Kier alpha value is -1.96. The van der Waals surface area contributed by atoms with Gasteiger partial charge in [-0.25, -0.2) is 0 Å². The van der Waals surface area contributed by atoms with Gasteiger partial charge < -0.3 is 9.47 Å². The van der Waals surface area contributed by atoms with Gasteiger partial charge in [-0.05, 0) is 18.2 Å². The van der Waals surface area contributed by atoms with E-state index in [9.17, 15) is 0 Å². The van der Waals surface area contributed by atoms with Crippen LogP contribution in [-0.4, -0.2) is 6.61 Å². The average Bonchev–Trinajstić information content (AvgIpc) is 2.74. The molecule has 0 N–H and O–H groups in total. The lowest BCUT2D eigenvalue weighted by atomic mass is 10.1. The molecular formula is C14H12O2. The molecule has 0 fully saturated rings. The van der Waals surface area contributed by atoms with Crippen molar-refractivity contribution in [1.29, 1.82) is 0 Å². The lowest BCUT2D eigenvalue weighted by molar-refractivity contribution is 0.163. The molecule has 80 valence electrons. The zero-order valence-corrected chi connectivity index (χ0v) is 8.80. The van der Waals surface area contributed by atoms with Crippen LogP contribution in [0.3, 0.4) is 0 Å². The highest BCUT2D eigenvalue weighted by Crippen LogP contribution is 2.34. The van der Waals surface area contributed by atoms with E-state index in [1.165, 1.54) is 0 Å². The number of ether oxygens (including phenoxy) is 2. The molecule has 1 heterocycles. The summed E-state index contributed by atoms with van der Waals surface area (Å²) in [7, 11) is 0. The Morgan fingerprint density at radius 2 is 1.69 bits per heavy atom. The molecule has 0 saturated heterocycles. The van der Waals surface area contributed by atoms with Crippen molar-refractivity contribution >= 4 is 0 Å². The molecule has 1 aliphatic heterocycles. The maximum atomic E-state index is 5.88. The van der Waals surface area contributed by atoms with Crippen molar-refractivity contribution in [3.05, 3.63) is 60.2 Å². The summed E-state index contributed by atoms with van der Waals surface area (Å²) in [5.41, 5.74) is 1.13. The highest BCUT2D eigenvalue weighted by atomic mass is 16.5. The number of hydrogen-bond acceptors (Lipinski definition) is 2. The zero-order chi connectivity index (χ0) is 10.8. The molecule has 2 heteroatoms. The zero-order valence-electron chi connectivity index (χ0n) is 8.80. The second-order valence-electron chi connectivity index (χ2n) is 3.77. The van der Waals surface area contributed by atoms with Crippen molar-refractivity contribution in [2.45, 2.75) is 6.10 Å². The molecule has 0 aliphatic carbocycles. The molecule has 2 nitrogen and oxygen atoms in total. The first-order chi connectivity index (χ1) is 7.93. The number of hydrogen-bond donors (Lipinski definition) is 0. The molecule has 0 spiro atoms. The Bertz CT molecular complexity index is 479. The summed E-state index contributed by atoms with van der Waals surface area (Å²) < 4.78 is 11.4. The molecule has 0 bridgehead atoms. The van der Waals surface area contributed by atoms with Crippen LogP contribution in [0.2, 0.25) is 0 Å². The monoisotopic (exact) mass is 212 g/mol. The standard InChI is InChI=1S/C14H12O2/c1-2-6-11(7-3-1)16-14-10-15-13-9-5-4-8-12(13)14/h1-9,14H,10H2. The summed E-state index contributed by atoms with van der Waals surface area (Å²) in [4.78, 5) is 0. The first kappa shape index (κ1) is 9.28.